The van der Waals surface area contributed by atoms with Crippen molar-refractivity contribution >= 4 is 11.0 Å². The summed E-state index contributed by atoms with van der Waals surface area (Å²) in [6, 6.07) is 8.88. The number of nitrogens with zero attached hydrogens (tertiary/aromatic N) is 3. The van der Waals surface area contributed by atoms with Gasteiger partial charge >= 0.3 is 6.18 Å². The Labute approximate surface area is 168 Å². The number of nitrogens with one attached hydrogen (secondary N) is 1. The fourth-order valence-electron chi connectivity index (χ4n) is 2.85. The molecule has 9 heteroatoms. The van der Waals surface area contributed by atoms with Gasteiger partial charge in [0.05, 0.1) is 22.9 Å². The van der Waals surface area contributed by atoms with E-state index in [4.69, 9.17) is 9.26 Å². The number of hydrogen-bond acceptors (Lipinski definition) is 5. The normalized spacial score (nSPS) is 12.3. The summed E-state index contributed by atoms with van der Waals surface area (Å²) in [7, 11) is 0. The molecule has 0 aliphatic carbocycles. The maximum absolute atomic E-state index is 13.6. The summed E-state index contributed by atoms with van der Waals surface area (Å²) in [5.41, 5.74) is 1.34. The van der Waals surface area contributed by atoms with Gasteiger partial charge in [-0.2, -0.15) is 18.2 Å². The lowest BCUT2D eigenvalue weighted by atomic mass is 10.1. The average molecular weight is 412 g/mol. The Bertz CT molecular complexity index is 1250. The first-order valence-corrected chi connectivity index (χ1v) is 8.84. The monoisotopic (exact) mass is 412 g/mol. The SMILES string of the molecule is C=C/C(=C\C)Oc1ccc(-c2nc(-c3ccc4[nH]cnc4c3)no2)cc1C(F)(F)F. The molecule has 6 nitrogen and oxygen atoms in total. The van der Waals surface area contributed by atoms with E-state index in [1.54, 1.807) is 31.5 Å². The lowest BCUT2D eigenvalue weighted by Gasteiger charge is -2.14. The molecule has 2 aromatic carbocycles. The van der Waals surface area contributed by atoms with Gasteiger partial charge in [-0.25, -0.2) is 4.98 Å². The second kappa shape index (κ2) is 7.51. The molecule has 4 rings (SSSR count). The van der Waals surface area contributed by atoms with Crippen LogP contribution in [0.1, 0.15) is 12.5 Å². The molecule has 2 heterocycles. The first kappa shape index (κ1) is 19.4. The summed E-state index contributed by atoms with van der Waals surface area (Å²) in [5, 5.41) is 3.88. The molecule has 0 fully saturated rings. The van der Waals surface area contributed by atoms with Crippen LogP contribution < -0.4 is 4.74 Å². The first-order valence-electron chi connectivity index (χ1n) is 8.84. The molecule has 0 aliphatic heterocycles. The fraction of sp³-hybridized carbons (Fsp3) is 0.0952. The van der Waals surface area contributed by atoms with E-state index < -0.39 is 11.7 Å². The number of hydrogen-bond donors (Lipinski definition) is 1. The van der Waals surface area contributed by atoms with Crippen LogP contribution in [0.3, 0.4) is 0 Å². The van der Waals surface area contributed by atoms with Gasteiger partial charge in [0, 0.05) is 11.1 Å². The van der Waals surface area contributed by atoms with Crippen molar-refractivity contribution in [1.29, 1.82) is 0 Å². The van der Waals surface area contributed by atoms with Crippen LogP contribution in [0.5, 0.6) is 5.75 Å². The zero-order valence-electron chi connectivity index (χ0n) is 15.7. The van der Waals surface area contributed by atoms with Crippen molar-refractivity contribution in [2.75, 3.05) is 0 Å². The largest absolute Gasteiger partial charge is 0.457 e. The number of H-pyrrole nitrogens is 1. The third-order valence-corrected chi connectivity index (χ3v) is 4.35. The van der Waals surface area contributed by atoms with Gasteiger partial charge in [0.25, 0.3) is 5.89 Å². The van der Waals surface area contributed by atoms with Crippen molar-refractivity contribution in [2.45, 2.75) is 13.1 Å². The number of benzene rings is 2. The molecule has 0 saturated carbocycles. The van der Waals surface area contributed by atoms with Crippen LogP contribution in [-0.4, -0.2) is 20.1 Å². The summed E-state index contributed by atoms with van der Waals surface area (Å²) >= 11 is 0. The van der Waals surface area contributed by atoms with Crippen molar-refractivity contribution in [3.63, 3.8) is 0 Å². The number of imidazole rings is 1. The van der Waals surface area contributed by atoms with Gasteiger partial charge < -0.3 is 14.2 Å². The number of alkyl halides is 3. The van der Waals surface area contributed by atoms with E-state index in [9.17, 15) is 13.2 Å². The van der Waals surface area contributed by atoms with Crippen LogP contribution in [0.25, 0.3) is 33.9 Å². The molecule has 0 amide bonds. The molecule has 0 aliphatic rings. The summed E-state index contributed by atoms with van der Waals surface area (Å²) in [5.74, 6) is 0.0656. The highest BCUT2D eigenvalue weighted by molar-refractivity contribution is 5.80. The highest BCUT2D eigenvalue weighted by Gasteiger charge is 2.35. The van der Waals surface area contributed by atoms with Gasteiger partial charge in [-0.3, -0.25) is 0 Å². The smallest absolute Gasteiger partial charge is 0.420 e. The predicted octanol–water partition coefficient (Wildman–Crippen LogP) is 5.77. The Morgan fingerprint density at radius 1 is 1.17 bits per heavy atom. The van der Waals surface area contributed by atoms with Crippen LogP contribution >= 0.6 is 0 Å². The van der Waals surface area contributed by atoms with Crippen LogP contribution in [0.2, 0.25) is 0 Å². The van der Waals surface area contributed by atoms with Crippen molar-refractivity contribution < 1.29 is 22.4 Å². The molecule has 0 unspecified atom stereocenters. The Morgan fingerprint density at radius 2 is 1.97 bits per heavy atom. The number of rotatable bonds is 5. The topological polar surface area (TPSA) is 76.8 Å². The van der Waals surface area contributed by atoms with Gasteiger partial charge in [-0.15, -0.1) is 0 Å². The van der Waals surface area contributed by atoms with Crippen LogP contribution in [0.4, 0.5) is 13.2 Å². The average Bonchev–Trinajstić information content (AvgIpc) is 3.40. The summed E-state index contributed by atoms with van der Waals surface area (Å²) in [6.07, 6.45) is -0.237. The number of aromatic amines is 1. The van der Waals surface area contributed by atoms with Gasteiger partial charge in [-0.1, -0.05) is 11.7 Å². The quantitative estimate of drug-likeness (QED) is 0.333. The Balaban J connectivity index is 1.71. The second-order valence-corrected chi connectivity index (χ2v) is 6.26. The van der Waals surface area contributed by atoms with Crippen molar-refractivity contribution in [3.05, 3.63) is 72.8 Å². The highest BCUT2D eigenvalue weighted by Crippen LogP contribution is 2.39. The minimum absolute atomic E-state index is 0.0425. The molecule has 0 radical (unpaired) electrons. The van der Waals surface area contributed by atoms with Gasteiger partial charge in [-0.05, 0) is 55.5 Å². The van der Waals surface area contributed by atoms with E-state index in [0.717, 1.165) is 11.6 Å². The van der Waals surface area contributed by atoms with Gasteiger partial charge in [0.2, 0.25) is 5.82 Å². The summed E-state index contributed by atoms with van der Waals surface area (Å²) < 4.78 is 51.3. The molecule has 1 N–H and O–H groups in total. The van der Waals surface area contributed by atoms with E-state index in [0.29, 0.717) is 11.1 Å². The molecule has 0 bridgehead atoms. The Hall–Kier alpha value is -3.88. The van der Waals surface area contributed by atoms with E-state index in [1.807, 2.05) is 0 Å². The number of aromatic nitrogens is 4. The predicted molar refractivity (Wildman–Crippen MR) is 104 cm³/mol. The molecule has 0 spiro atoms. The summed E-state index contributed by atoms with van der Waals surface area (Å²) in [6.45, 7) is 5.16. The lowest BCUT2D eigenvalue weighted by molar-refractivity contribution is -0.138. The maximum Gasteiger partial charge on any atom is 0.420 e. The number of halogens is 3. The third kappa shape index (κ3) is 3.69. The standard InChI is InChI=1S/C21H15F3N4O2/c1-3-14(4-2)29-18-8-6-13(9-15(18)21(22,23)24)20-27-19(28-30-20)12-5-7-16-17(10-12)26-11-25-16/h3-11H,1H2,2H3,(H,25,26)/b14-4+. The van der Waals surface area contributed by atoms with Crippen LogP contribution in [0.15, 0.2) is 71.7 Å². The van der Waals surface area contributed by atoms with E-state index >= 15 is 0 Å². The van der Waals surface area contributed by atoms with Crippen molar-refractivity contribution in [1.82, 2.24) is 20.1 Å². The van der Waals surface area contributed by atoms with E-state index in [1.165, 1.54) is 24.3 Å². The Morgan fingerprint density at radius 3 is 2.70 bits per heavy atom. The number of fused-ring (bicyclic) bond motifs is 1. The highest BCUT2D eigenvalue weighted by atomic mass is 19.4. The van der Waals surface area contributed by atoms with Gasteiger partial charge in [0.15, 0.2) is 0 Å². The minimum atomic E-state index is -4.64. The second-order valence-electron chi connectivity index (χ2n) is 6.26. The minimum Gasteiger partial charge on any atom is -0.457 e. The fourth-order valence-corrected chi connectivity index (χ4v) is 2.85. The molecule has 4 aromatic rings. The summed E-state index contributed by atoms with van der Waals surface area (Å²) in [4.78, 5) is 11.4. The first-order chi connectivity index (χ1) is 14.4. The molecule has 0 atom stereocenters. The molecule has 2 aromatic heterocycles. The lowest BCUT2D eigenvalue weighted by Crippen LogP contribution is -2.08. The maximum atomic E-state index is 13.6. The van der Waals surface area contributed by atoms with Crippen molar-refractivity contribution in [2.24, 2.45) is 0 Å². The van der Waals surface area contributed by atoms with Gasteiger partial charge in [0.1, 0.15) is 11.5 Å². The zero-order valence-corrected chi connectivity index (χ0v) is 15.7. The molecular weight excluding hydrogens is 397 g/mol. The van der Waals surface area contributed by atoms with Crippen molar-refractivity contribution in [3.8, 4) is 28.6 Å². The van der Waals surface area contributed by atoms with E-state index in [2.05, 4.69) is 26.7 Å². The molecule has 30 heavy (non-hydrogen) atoms. The number of ether oxygens (including phenoxy) is 1. The third-order valence-electron chi connectivity index (χ3n) is 4.35. The van der Waals surface area contributed by atoms with Crippen LogP contribution in [-0.2, 0) is 6.18 Å². The molecule has 0 saturated heterocycles. The Kier molecular flexibility index (Phi) is 4.86. The molecule has 152 valence electrons. The zero-order chi connectivity index (χ0) is 21.3. The molecular formula is C21H15F3N4O2. The number of allylic oxidation sites excluding steroid dienone is 2. The van der Waals surface area contributed by atoms with Crippen LogP contribution in [0, 0.1) is 0 Å². The van der Waals surface area contributed by atoms with E-state index in [-0.39, 0.29) is 28.8 Å².